The van der Waals surface area contributed by atoms with Crippen LogP contribution >= 0.6 is 12.4 Å². The van der Waals surface area contributed by atoms with Crippen molar-refractivity contribution in [2.24, 2.45) is 28.1 Å². The third kappa shape index (κ3) is 22.3. The van der Waals surface area contributed by atoms with Crippen LogP contribution in [0.2, 0.25) is 0 Å². The lowest BCUT2D eigenvalue weighted by molar-refractivity contribution is -0.142. The van der Waals surface area contributed by atoms with E-state index in [1.165, 1.54) is 41.3 Å². The lowest BCUT2D eigenvalue weighted by atomic mass is 10.0. The molecule has 1 aliphatic heterocycles. The predicted octanol–water partition coefficient (Wildman–Crippen LogP) is -0.451. The molecule has 0 aliphatic carbocycles. The monoisotopic (exact) mass is 1270 g/mol. The topological polar surface area (TPSA) is 446 Å². The molecule has 4 aromatic carbocycles. The van der Waals surface area contributed by atoms with E-state index < -0.39 is 121 Å². The number of aliphatic imine (C=N–C) groups is 1. The smallest absolute Gasteiger partial charge is 0.408 e. The van der Waals surface area contributed by atoms with E-state index in [0.29, 0.717) is 39.6 Å². The number of nitrogens with one attached hydrogen (secondary N) is 9. The highest BCUT2D eigenvalue weighted by Crippen LogP contribution is 2.22. The number of rotatable bonds is 32. The zero-order valence-electron chi connectivity index (χ0n) is 49.8. The van der Waals surface area contributed by atoms with Gasteiger partial charge in [-0.25, -0.2) is 4.79 Å². The molecule has 5 aromatic rings. The highest BCUT2D eigenvalue weighted by atomic mass is 35.5. The number of fused-ring (bicyclic) bond motifs is 1. The van der Waals surface area contributed by atoms with Crippen molar-refractivity contribution < 1.29 is 68.0 Å². The summed E-state index contributed by atoms with van der Waals surface area (Å²) in [5, 5.41) is 51.9. The van der Waals surface area contributed by atoms with Gasteiger partial charge in [0.25, 0.3) is 0 Å². The Bertz CT molecular complexity index is 3290. The number of hydrogen-bond donors (Lipinski definition) is 15. The number of aliphatic hydroxyl groups is 1. The number of benzene rings is 4. The summed E-state index contributed by atoms with van der Waals surface area (Å²) in [6, 6.07) is 17.9. The fraction of sp³-hybridized carbons (Fsp3) is 0.393. The first-order valence-electron chi connectivity index (χ1n) is 29.0. The lowest BCUT2D eigenvalue weighted by Crippen LogP contribution is -2.60. The lowest BCUT2D eigenvalue weighted by Gasteiger charge is -2.30. The number of para-hydroxylation sites is 1. The number of phenols is 2. The van der Waals surface area contributed by atoms with Gasteiger partial charge < -0.3 is 89.7 Å². The molecule has 1 fully saturated rings. The van der Waals surface area contributed by atoms with Crippen LogP contribution in [0.5, 0.6) is 11.5 Å². The molecule has 2 heterocycles. The average Bonchev–Trinajstić information content (AvgIpc) is 1.84. The van der Waals surface area contributed by atoms with Crippen LogP contribution in [0.1, 0.15) is 68.2 Å². The number of ether oxygens (including phenoxy) is 1. The van der Waals surface area contributed by atoms with Crippen LogP contribution in [0.4, 0.5) is 4.79 Å². The Morgan fingerprint density at radius 2 is 1.19 bits per heavy atom. The molecule has 6 rings (SSSR count). The van der Waals surface area contributed by atoms with Crippen LogP contribution in [0, 0.1) is 5.92 Å². The molecule has 1 saturated heterocycles. The summed E-state index contributed by atoms with van der Waals surface area (Å²) in [7, 11) is 0. The van der Waals surface area contributed by atoms with Crippen molar-refractivity contribution >= 4 is 88.5 Å². The minimum Gasteiger partial charge on any atom is -0.508 e. The second-order valence-corrected chi connectivity index (χ2v) is 21.8. The van der Waals surface area contributed by atoms with E-state index in [-0.39, 0.29) is 100 Å². The molecule has 484 valence electrons. The van der Waals surface area contributed by atoms with Crippen molar-refractivity contribution in [3.8, 4) is 11.5 Å². The molecule has 0 bridgehead atoms. The van der Waals surface area contributed by atoms with E-state index in [1.807, 2.05) is 0 Å². The fourth-order valence-electron chi connectivity index (χ4n) is 9.87. The Kier molecular flexibility index (Phi) is 27.6. The van der Waals surface area contributed by atoms with Crippen LogP contribution in [-0.2, 0) is 73.8 Å². The third-order valence-electron chi connectivity index (χ3n) is 14.4. The van der Waals surface area contributed by atoms with Gasteiger partial charge in [-0.1, -0.05) is 86.6 Å². The van der Waals surface area contributed by atoms with Gasteiger partial charge in [-0.2, -0.15) is 0 Å². The van der Waals surface area contributed by atoms with Gasteiger partial charge in [0, 0.05) is 49.5 Å². The molecule has 29 heteroatoms. The number of H-pyrrole nitrogens is 1. The van der Waals surface area contributed by atoms with Crippen molar-refractivity contribution in [3.05, 3.63) is 132 Å². The van der Waals surface area contributed by atoms with Gasteiger partial charge in [0.1, 0.15) is 60.4 Å². The summed E-state index contributed by atoms with van der Waals surface area (Å²) in [6.07, 6.45) is 1.12. The standard InChI is InChI=1S/C61H78N14O14.ClH/c1-35(2)26-45(54(82)70-44(14-8-24-65-60(63)64)59(87)75-25-9-15-50(75)58(86)67-31-51(62)79)69-52(80)32-68-53(81)46(27-36-16-20-40(77)21-17-36)71-57(85)49(33-76)73-56(84)48(29-39-30-66-43-13-7-6-12-42(39)43)72-55(83)47(28-37-18-22-41(78)23-19-37)74-61(88)89-34-38-10-4-3-5-11-38;/h3-7,10-13,16-23,30,35,44-50,66,76-78H,8-9,14-15,24-29,31-34H2,1-2H3,(H2,62,79)(H,67,86)(H,68,81)(H,69,80)(H,70,82)(H,71,85)(H,72,83)(H,73,84)(H,74,88)(H4,63,64,65);1H/t44-,45-,46-,47-,48-,49-,50-;/m0./s1. The molecule has 28 nitrogen and oxygen atoms in total. The molecular formula is C61H79ClN14O14. The number of halogens is 1. The third-order valence-corrected chi connectivity index (χ3v) is 14.4. The predicted molar refractivity (Wildman–Crippen MR) is 332 cm³/mol. The number of amides is 10. The molecule has 18 N–H and O–H groups in total. The van der Waals surface area contributed by atoms with Crippen molar-refractivity contribution in [2.45, 2.75) is 114 Å². The zero-order chi connectivity index (χ0) is 64.6. The zero-order valence-corrected chi connectivity index (χ0v) is 50.6. The number of carbonyl (C=O) groups is 10. The van der Waals surface area contributed by atoms with E-state index in [1.54, 1.807) is 86.8 Å². The Morgan fingerprint density at radius 1 is 0.633 bits per heavy atom. The van der Waals surface area contributed by atoms with Gasteiger partial charge in [-0.15, -0.1) is 12.4 Å². The van der Waals surface area contributed by atoms with E-state index >= 15 is 0 Å². The van der Waals surface area contributed by atoms with Crippen molar-refractivity contribution in [1.82, 2.24) is 52.4 Å². The quantitative estimate of drug-likeness (QED) is 0.0147. The van der Waals surface area contributed by atoms with E-state index in [9.17, 15) is 63.3 Å². The maximum Gasteiger partial charge on any atom is 0.408 e. The second-order valence-electron chi connectivity index (χ2n) is 21.8. The molecule has 1 aromatic heterocycles. The molecule has 0 unspecified atom stereocenters. The number of hydrogen-bond acceptors (Lipinski definition) is 15. The first-order valence-corrected chi connectivity index (χ1v) is 29.0. The number of aliphatic hydroxyl groups excluding tert-OH is 1. The number of guanidine groups is 1. The Hall–Kier alpha value is -9.96. The molecule has 10 amide bonds. The van der Waals surface area contributed by atoms with Crippen LogP contribution in [0.15, 0.2) is 114 Å². The molecule has 0 saturated carbocycles. The largest absolute Gasteiger partial charge is 0.508 e. The number of aromatic amines is 1. The number of aromatic nitrogens is 1. The van der Waals surface area contributed by atoms with E-state index in [2.05, 4.69) is 52.5 Å². The number of likely N-dealkylation sites (tertiary alicyclic amines) is 1. The SMILES string of the molecule is CC(C)C[C@H](NC(=O)CNC(=O)[C@H](Cc1ccc(O)cc1)NC(=O)[C@H](CO)NC(=O)[C@H](Cc1c[nH]c2ccccc12)NC(=O)[C@H](Cc1ccc(O)cc1)NC(=O)OCc1ccccc1)C(=O)N[C@@H](CCCN=C(N)N)C(=O)N1CCC[C@H]1C(=O)NCC(N)=O.Cl. The Morgan fingerprint density at radius 3 is 1.79 bits per heavy atom. The van der Waals surface area contributed by atoms with Crippen molar-refractivity contribution in [1.29, 1.82) is 0 Å². The van der Waals surface area contributed by atoms with E-state index in [0.717, 1.165) is 0 Å². The second kappa shape index (κ2) is 35.1. The van der Waals surface area contributed by atoms with Crippen LogP contribution < -0.4 is 59.7 Å². The Balaban J connectivity index is 0.0000147. The number of aromatic hydroxyl groups is 2. The molecule has 1 aliphatic rings. The highest BCUT2D eigenvalue weighted by Gasteiger charge is 2.39. The minimum absolute atomic E-state index is 0. The number of alkyl carbamates (subject to hydrolysis) is 1. The van der Waals surface area contributed by atoms with Crippen LogP contribution in [0.25, 0.3) is 10.9 Å². The normalized spacial score (nSPS) is 14.6. The number of primary amides is 1. The van der Waals surface area contributed by atoms with Crippen LogP contribution in [-0.4, -0.2) is 165 Å². The first kappa shape index (κ1) is 70.8. The summed E-state index contributed by atoms with van der Waals surface area (Å²) >= 11 is 0. The molecule has 0 radical (unpaired) electrons. The fourth-order valence-corrected chi connectivity index (χ4v) is 9.87. The van der Waals surface area contributed by atoms with Gasteiger partial charge in [0.2, 0.25) is 53.2 Å². The van der Waals surface area contributed by atoms with Gasteiger partial charge in [0.15, 0.2) is 5.96 Å². The number of phenolic OH excluding ortho intramolecular Hbond substituents is 2. The molecule has 0 spiro atoms. The summed E-state index contributed by atoms with van der Waals surface area (Å²) in [6.45, 7) is 1.48. The average molecular weight is 1270 g/mol. The molecule has 7 atom stereocenters. The summed E-state index contributed by atoms with van der Waals surface area (Å²) in [5.41, 5.74) is 19.1. The minimum atomic E-state index is -1.77. The van der Waals surface area contributed by atoms with Crippen molar-refractivity contribution in [3.63, 3.8) is 0 Å². The van der Waals surface area contributed by atoms with Gasteiger partial charge >= 0.3 is 6.09 Å². The number of nitrogens with two attached hydrogens (primary N) is 3. The maximum atomic E-state index is 14.5. The Labute approximate surface area is 525 Å². The number of carbonyl (C=O) groups excluding carboxylic acids is 10. The summed E-state index contributed by atoms with van der Waals surface area (Å²) in [4.78, 5) is 145. The van der Waals surface area contributed by atoms with Crippen LogP contribution in [0.3, 0.4) is 0 Å². The molecule has 90 heavy (non-hydrogen) atoms. The van der Waals surface area contributed by atoms with Gasteiger partial charge in [-0.05, 0) is 90.6 Å². The van der Waals surface area contributed by atoms with Gasteiger partial charge in [-0.3, -0.25) is 48.1 Å². The van der Waals surface area contributed by atoms with Gasteiger partial charge in [0.05, 0.1) is 19.7 Å². The van der Waals surface area contributed by atoms with Crippen molar-refractivity contribution in [2.75, 3.05) is 32.8 Å². The van der Waals surface area contributed by atoms with E-state index in [4.69, 9.17) is 21.9 Å². The first-order chi connectivity index (χ1) is 42.6. The molecular weight excluding hydrogens is 1190 g/mol. The number of nitrogens with zero attached hydrogens (tertiary/aromatic N) is 2. The summed E-state index contributed by atoms with van der Waals surface area (Å²) < 4.78 is 5.43. The maximum absolute atomic E-state index is 14.5. The highest BCUT2D eigenvalue weighted by molar-refractivity contribution is 5.98. The summed E-state index contributed by atoms with van der Waals surface area (Å²) in [5.74, 6) is -7.99.